The Morgan fingerprint density at radius 3 is 2.61 bits per heavy atom. The Bertz CT molecular complexity index is 666. The summed E-state index contributed by atoms with van der Waals surface area (Å²) in [7, 11) is 2.06. The molecule has 0 aromatic heterocycles. The van der Waals surface area contributed by atoms with E-state index < -0.39 is 0 Å². The van der Waals surface area contributed by atoms with Crippen LogP contribution in [0.1, 0.15) is 64.7 Å². The quantitative estimate of drug-likeness (QED) is 0.189. The van der Waals surface area contributed by atoms with Gasteiger partial charge < -0.3 is 25.5 Å². The molecule has 3 aliphatic rings. The Kier molecular flexibility index (Phi) is 13.4. The Morgan fingerprint density at radius 1 is 1.24 bits per heavy atom. The first-order chi connectivity index (χ1) is 16.1. The molecule has 2 heterocycles. The second-order valence-electron chi connectivity index (χ2n) is 8.68. The van der Waals surface area contributed by atoms with Crippen molar-refractivity contribution < 1.29 is 19.2 Å². The molecular weight excluding hydrogens is 422 g/mol. The summed E-state index contributed by atoms with van der Waals surface area (Å²) < 4.78 is 5.34. The number of aliphatic imine (C=N–C) groups is 1. The van der Waals surface area contributed by atoms with Crippen LogP contribution in [-0.4, -0.2) is 57.1 Å². The van der Waals surface area contributed by atoms with Crippen LogP contribution < -0.4 is 21.4 Å². The molecule has 4 N–H and O–H groups in total. The number of nitrogens with zero attached hydrogens (tertiary/aromatic N) is 1. The Balaban J connectivity index is 0.000000321. The fourth-order valence-electron chi connectivity index (χ4n) is 3.90. The zero-order chi connectivity index (χ0) is 23.7. The molecule has 0 spiro atoms. The van der Waals surface area contributed by atoms with Crippen molar-refractivity contribution in [2.45, 2.75) is 77.0 Å². The number of aldehydes is 1. The molecule has 186 valence electrons. The van der Waals surface area contributed by atoms with Crippen molar-refractivity contribution in [3.05, 3.63) is 24.0 Å². The van der Waals surface area contributed by atoms with Gasteiger partial charge in [0.1, 0.15) is 18.2 Å². The summed E-state index contributed by atoms with van der Waals surface area (Å²) in [6, 6.07) is -0.380. The Morgan fingerprint density at radius 2 is 2.00 bits per heavy atom. The summed E-state index contributed by atoms with van der Waals surface area (Å²) in [6.45, 7) is 4.06. The maximum absolute atomic E-state index is 11.7. The topological polar surface area (TPSA) is 113 Å². The second-order valence-corrected chi connectivity index (χ2v) is 8.68. The largest absolute Gasteiger partial charge is 0.377 e. The number of hydrogen-bond donors (Lipinski definition) is 4. The van der Waals surface area contributed by atoms with Gasteiger partial charge in [0, 0.05) is 25.3 Å². The summed E-state index contributed by atoms with van der Waals surface area (Å²) >= 11 is 0. The maximum atomic E-state index is 11.7. The molecule has 9 heteroatoms. The number of amidine groups is 1. The van der Waals surface area contributed by atoms with Crippen molar-refractivity contribution in [3.8, 4) is 0 Å². The predicted octanol–water partition coefficient (Wildman–Crippen LogP) is 2.31. The van der Waals surface area contributed by atoms with Gasteiger partial charge in [0.05, 0.1) is 12.2 Å². The number of rotatable bonds is 8. The lowest BCUT2D eigenvalue weighted by Crippen LogP contribution is -2.37. The van der Waals surface area contributed by atoms with E-state index in [0.717, 1.165) is 37.2 Å². The third-order valence-electron chi connectivity index (χ3n) is 5.72. The SMILES string of the molecule is CC(C=O)N=C1CNC(/C=C/C(=O)NOC2CCCCO2)=CN1.CNCC1CCCCCC1. The highest BCUT2D eigenvalue weighted by Gasteiger charge is 2.15. The zero-order valence-electron chi connectivity index (χ0n) is 20.1. The van der Waals surface area contributed by atoms with Crippen LogP contribution in [0.3, 0.4) is 0 Å². The normalized spacial score (nSPS) is 23.9. The van der Waals surface area contributed by atoms with Crippen molar-refractivity contribution in [1.82, 2.24) is 21.4 Å². The van der Waals surface area contributed by atoms with Crippen LogP contribution in [0.5, 0.6) is 0 Å². The lowest BCUT2D eigenvalue weighted by molar-refractivity contribution is -0.198. The molecule has 2 aliphatic heterocycles. The monoisotopic (exact) mass is 463 g/mol. The van der Waals surface area contributed by atoms with Crippen LogP contribution in [0.2, 0.25) is 0 Å². The van der Waals surface area contributed by atoms with Crippen molar-refractivity contribution in [1.29, 1.82) is 0 Å². The first-order valence-electron chi connectivity index (χ1n) is 12.2. The third-order valence-corrected chi connectivity index (χ3v) is 5.72. The van der Waals surface area contributed by atoms with E-state index in [1.165, 1.54) is 51.1 Å². The predicted molar refractivity (Wildman–Crippen MR) is 129 cm³/mol. The zero-order valence-corrected chi connectivity index (χ0v) is 20.1. The smallest absolute Gasteiger partial charge is 0.267 e. The van der Waals surface area contributed by atoms with Gasteiger partial charge >= 0.3 is 0 Å². The van der Waals surface area contributed by atoms with Gasteiger partial charge in [0.25, 0.3) is 5.91 Å². The maximum Gasteiger partial charge on any atom is 0.267 e. The van der Waals surface area contributed by atoms with Gasteiger partial charge in [-0.1, -0.05) is 25.7 Å². The fraction of sp³-hybridized carbons (Fsp3) is 0.708. The Labute approximate surface area is 197 Å². The summed E-state index contributed by atoms with van der Waals surface area (Å²) in [5.41, 5.74) is 3.07. The number of carbonyl (C=O) groups excluding carboxylic acids is 2. The molecule has 0 radical (unpaired) electrons. The first-order valence-corrected chi connectivity index (χ1v) is 12.2. The van der Waals surface area contributed by atoms with Crippen molar-refractivity contribution >= 4 is 18.0 Å². The fourth-order valence-corrected chi connectivity index (χ4v) is 3.90. The summed E-state index contributed by atoms with van der Waals surface area (Å²) in [6.07, 6.45) is 16.7. The van der Waals surface area contributed by atoms with Crippen molar-refractivity contribution in [3.63, 3.8) is 0 Å². The van der Waals surface area contributed by atoms with E-state index in [2.05, 4.69) is 33.5 Å². The lowest BCUT2D eigenvalue weighted by Gasteiger charge is -2.21. The number of carbonyl (C=O) groups is 2. The van der Waals surface area contributed by atoms with E-state index >= 15 is 0 Å². The highest BCUT2D eigenvalue weighted by Crippen LogP contribution is 2.21. The van der Waals surface area contributed by atoms with E-state index in [9.17, 15) is 9.59 Å². The van der Waals surface area contributed by atoms with E-state index in [1.807, 2.05) is 0 Å². The van der Waals surface area contributed by atoms with Gasteiger partial charge in [-0.2, -0.15) is 0 Å². The molecule has 0 aromatic rings. The molecule has 0 aromatic carbocycles. The number of ether oxygens (including phenoxy) is 1. The van der Waals surface area contributed by atoms with Gasteiger partial charge in [-0.05, 0) is 58.2 Å². The average molecular weight is 464 g/mol. The van der Waals surface area contributed by atoms with Crippen molar-refractivity contribution in [2.24, 2.45) is 10.9 Å². The molecule has 1 aliphatic carbocycles. The lowest BCUT2D eigenvalue weighted by atomic mass is 10.0. The molecular formula is C24H41N5O4. The molecule has 3 rings (SSSR count). The standard InChI is InChI=1S/C15H22N4O4.C9H19N/c1-11(10-20)18-13-9-16-12(8-17-13)5-6-14(21)19-23-15-4-2-3-7-22-15;1-10-8-9-6-4-2-3-5-7-9/h5-6,8,10-11,15-16H,2-4,7,9H2,1H3,(H,17,18)(H,19,21);9-10H,2-8H2,1H3/b6-5+;. The van der Waals surface area contributed by atoms with Crippen LogP contribution in [-0.2, 0) is 19.2 Å². The number of hydrogen-bond acceptors (Lipinski definition) is 7. The van der Waals surface area contributed by atoms with Crippen LogP contribution in [0, 0.1) is 5.92 Å². The van der Waals surface area contributed by atoms with Crippen LogP contribution in [0.25, 0.3) is 0 Å². The van der Waals surface area contributed by atoms with Gasteiger partial charge in [-0.25, -0.2) is 10.3 Å². The van der Waals surface area contributed by atoms with Crippen LogP contribution in [0.15, 0.2) is 29.0 Å². The highest BCUT2D eigenvalue weighted by atomic mass is 16.8. The molecule has 2 atom stereocenters. The molecule has 1 amide bonds. The van der Waals surface area contributed by atoms with E-state index in [1.54, 1.807) is 19.2 Å². The molecule has 1 saturated heterocycles. The number of amides is 1. The van der Waals surface area contributed by atoms with E-state index in [0.29, 0.717) is 19.0 Å². The highest BCUT2D eigenvalue weighted by molar-refractivity contribution is 5.89. The average Bonchev–Trinajstić information content (AvgIpc) is 3.12. The molecule has 0 bridgehead atoms. The molecule has 1 saturated carbocycles. The molecule has 2 fully saturated rings. The van der Waals surface area contributed by atoms with Crippen molar-refractivity contribution in [2.75, 3.05) is 26.7 Å². The minimum Gasteiger partial charge on any atom is -0.377 e. The van der Waals surface area contributed by atoms with E-state index in [4.69, 9.17) is 9.57 Å². The minimum absolute atomic E-state index is 0.365. The third kappa shape index (κ3) is 12.0. The summed E-state index contributed by atoms with van der Waals surface area (Å²) in [4.78, 5) is 31.5. The van der Waals surface area contributed by atoms with Gasteiger partial charge in [0.15, 0.2) is 6.29 Å². The van der Waals surface area contributed by atoms with E-state index in [-0.39, 0.29) is 18.2 Å². The Hall–Kier alpha value is -2.23. The van der Waals surface area contributed by atoms with Crippen LogP contribution in [0.4, 0.5) is 0 Å². The molecule has 2 unspecified atom stereocenters. The van der Waals surface area contributed by atoms with Gasteiger partial charge in [0.2, 0.25) is 0 Å². The number of hydroxylamine groups is 1. The summed E-state index contributed by atoms with van der Waals surface area (Å²) in [5.74, 6) is 1.28. The van der Waals surface area contributed by atoms with Gasteiger partial charge in [-0.3, -0.25) is 9.79 Å². The van der Waals surface area contributed by atoms with Crippen LogP contribution >= 0.6 is 0 Å². The second kappa shape index (κ2) is 16.4. The van der Waals surface area contributed by atoms with Gasteiger partial charge in [-0.15, -0.1) is 0 Å². The molecule has 9 nitrogen and oxygen atoms in total. The number of nitrogens with one attached hydrogen (secondary N) is 4. The first kappa shape index (κ1) is 27.0. The number of allylic oxidation sites excluding steroid dienone is 1. The minimum atomic E-state index is -0.380. The summed E-state index contributed by atoms with van der Waals surface area (Å²) in [5, 5.41) is 9.32. The molecule has 33 heavy (non-hydrogen) atoms.